The number of fused-ring (bicyclic) bond motifs is 1. The Morgan fingerprint density at radius 3 is 3.00 bits per heavy atom. The maximum Gasteiger partial charge on any atom is 0.321 e. The van der Waals surface area contributed by atoms with Crippen LogP contribution in [0.5, 0.6) is 0 Å². The molecule has 3 rings (SSSR count). The smallest absolute Gasteiger partial charge is 0.321 e. The van der Waals surface area contributed by atoms with E-state index in [2.05, 4.69) is 9.72 Å². The molecule has 0 amide bonds. The molecule has 0 aliphatic heterocycles. The number of para-hydroxylation sites is 1. The van der Waals surface area contributed by atoms with E-state index in [1.165, 1.54) is 24.5 Å². The van der Waals surface area contributed by atoms with Crippen LogP contribution in [-0.4, -0.2) is 24.3 Å². The van der Waals surface area contributed by atoms with Crippen molar-refractivity contribution in [2.75, 3.05) is 7.11 Å². The Hall–Kier alpha value is -2.47. The van der Waals surface area contributed by atoms with Crippen LogP contribution in [0.2, 0.25) is 0 Å². The number of methoxy groups -OCH3 is 1. The zero-order chi connectivity index (χ0) is 15.7. The fourth-order valence-corrected chi connectivity index (χ4v) is 3.33. The Kier molecular flexibility index (Phi) is 3.77. The third kappa shape index (κ3) is 2.31. The standard InChI is InChI=1S/C16H12FNO3S/c1-21-16(20)12(7-19)14-5-9(8-22-14)11-6-18-15-10(11)3-2-4-13(15)17/h2-8,12,18H,1H3. The summed E-state index contributed by atoms with van der Waals surface area (Å²) in [7, 11) is 1.25. The molecule has 0 saturated carbocycles. The summed E-state index contributed by atoms with van der Waals surface area (Å²) in [5.41, 5.74) is 2.09. The minimum absolute atomic E-state index is 0.320. The maximum absolute atomic E-state index is 13.7. The zero-order valence-corrected chi connectivity index (χ0v) is 12.4. The number of benzene rings is 1. The average Bonchev–Trinajstić information content (AvgIpc) is 3.15. The predicted molar refractivity (Wildman–Crippen MR) is 82.4 cm³/mol. The third-order valence-corrected chi connectivity index (χ3v) is 4.51. The van der Waals surface area contributed by atoms with Crippen LogP contribution >= 0.6 is 11.3 Å². The van der Waals surface area contributed by atoms with E-state index in [0.717, 1.165) is 16.5 Å². The van der Waals surface area contributed by atoms with E-state index < -0.39 is 11.9 Å². The van der Waals surface area contributed by atoms with E-state index in [9.17, 15) is 14.0 Å². The van der Waals surface area contributed by atoms with E-state index in [1.807, 2.05) is 11.4 Å². The maximum atomic E-state index is 13.7. The van der Waals surface area contributed by atoms with Crippen LogP contribution < -0.4 is 0 Å². The summed E-state index contributed by atoms with van der Waals surface area (Å²) in [5.74, 6) is -1.83. The minimum atomic E-state index is -0.925. The molecule has 2 aromatic heterocycles. The molecule has 3 aromatic rings. The van der Waals surface area contributed by atoms with Gasteiger partial charge in [0.1, 0.15) is 18.0 Å². The van der Waals surface area contributed by atoms with Gasteiger partial charge in [-0.15, -0.1) is 11.3 Å². The van der Waals surface area contributed by atoms with Crippen molar-refractivity contribution in [1.82, 2.24) is 4.98 Å². The number of carbonyl (C=O) groups is 2. The van der Waals surface area contributed by atoms with Crippen molar-refractivity contribution < 1.29 is 18.7 Å². The molecule has 0 radical (unpaired) electrons. The van der Waals surface area contributed by atoms with Gasteiger partial charge in [-0.3, -0.25) is 4.79 Å². The summed E-state index contributed by atoms with van der Waals surface area (Å²) >= 11 is 1.30. The normalized spacial score (nSPS) is 12.3. The first-order valence-corrected chi connectivity index (χ1v) is 7.41. The van der Waals surface area contributed by atoms with Crippen LogP contribution in [0.4, 0.5) is 4.39 Å². The summed E-state index contributed by atoms with van der Waals surface area (Å²) in [6, 6.07) is 6.61. The van der Waals surface area contributed by atoms with Crippen molar-refractivity contribution in [3.63, 3.8) is 0 Å². The number of carbonyl (C=O) groups excluding carboxylic acids is 2. The highest BCUT2D eigenvalue weighted by Crippen LogP contribution is 2.34. The number of hydrogen-bond donors (Lipinski definition) is 1. The van der Waals surface area contributed by atoms with Gasteiger partial charge in [-0.25, -0.2) is 4.39 Å². The lowest BCUT2D eigenvalue weighted by Crippen LogP contribution is -2.14. The van der Waals surface area contributed by atoms with Gasteiger partial charge in [0.05, 0.1) is 12.6 Å². The summed E-state index contributed by atoms with van der Waals surface area (Å²) in [5, 5.41) is 2.59. The van der Waals surface area contributed by atoms with Gasteiger partial charge in [0.15, 0.2) is 0 Å². The van der Waals surface area contributed by atoms with Crippen LogP contribution in [0.15, 0.2) is 35.8 Å². The van der Waals surface area contributed by atoms with Crippen molar-refractivity contribution >= 4 is 34.5 Å². The van der Waals surface area contributed by atoms with Crippen molar-refractivity contribution in [2.45, 2.75) is 5.92 Å². The van der Waals surface area contributed by atoms with Crippen LogP contribution in [0.3, 0.4) is 0 Å². The molecule has 0 spiro atoms. The first-order chi connectivity index (χ1) is 10.7. The average molecular weight is 317 g/mol. The van der Waals surface area contributed by atoms with Crippen LogP contribution in [-0.2, 0) is 14.3 Å². The van der Waals surface area contributed by atoms with Crippen LogP contribution in [0.25, 0.3) is 22.0 Å². The van der Waals surface area contributed by atoms with Crippen molar-refractivity contribution in [2.24, 2.45) is 0 Å². The Morgan fingerprint density at radius 2 is 2.27 bits per heavy atom. The highest BCUT2D eigenvalue weighted by molar-refractivity contribution is 7.10. The number of ether oxygens (including phenoxy) is 1. The summed E-state index contributed by atoms with van der Waals surface area (Å²) < 4.78 is 18.3. The van der Waals surface area contributed by atoms with Gasteiger partial charge in [-0.05, 0) is 23.1 Å². The number of aldehydes is 1. The van der Waals surface area contributed by atoms with Gasteiger partial charge in [-0.1, -0.05) is 12.1 Å². The summed E-state index contributed by atoms with van der Waals surface area (Å²) in [6.45, 7) is 0. The number of aromatic nitrogens is 1. The molecule has 6 heteroatoms. The fourth-order valence-electron chi connectivity index (χ4n) is 2.38. The Bertz CT molecular complexity index is 852. The van der Waals surface area contributed by atoms with Gasteiger partial charge in [0.2, 0.25) is 0 Å². The number of thiophene rings is 1. The topological polar surface area (TPSA) is 59.2 Å². The number of halogens is 1. The molecule has 22 heavy (non-hydrogen) atoms. The van der Waals surface area contributed by atoms with E-state index in [1.54, 1.807) is 18.3 Å². The zero-order valence-electron chi connectivity index (χ0n) is 11.6. The van der Waals surface area contributed by atoms with E-state index in [4.69, 9.17) is 0 Å². The first kappa shape index (κ1) is 14.5. The van der Waals surface area contributed by atoms with Crippen molar-refractivity contribution in [3.05, 3.63) is 46.5 Å². The van der Waals surface area contributed by atoms with E-state index in [0.29, 0.717) is 16.7 Å². The Morgan fingerprint density at radius 1 is 1.45 bits per heavy atom. The van der Waals surface area contributed by atoms with E-state index >= 15 is 0 Å². The number of aromatic amines is 1. The second-order valence-corrected chi connectivity index (χ2v) is 5.68. The molecular formula is C16H12FNO3S. The van der Waals surface area contributed by atoms with Gasteiger partial charge < -0.3 is 14.5 Å². The molecule has 4 nitrogen and oxygen atoms in total. The quantitative estimate of drug-likeness (QED) is 0.455. The summed E-state index contributed by atoms with van der Waals surface area (Å²) in [6.07, 6.45) is 2.28. The molecule has 1 atom stereocenters. The molecule has 0 aliphatic rings. The van der Waals surface area contributed by atoms with Crippen LogP contribution in [0.1, 0.15) is 10.8 Å². The number of rotatable bonds is 4. The number of esters is 1. The van der Waals surface area contributed by atoms with Gasteiger partial charge in [-0.2, -0.15) is 0 Å². The Labute approximate surface area is 129 Å². The fraction of sp³-hybridized carbons (Fsp3) is 0.125. The lowest BCUT2D eigenvalue weighted by Gasteiger charge is -2.04. The molecule has 1 unspecified atom stereocenters. The molecule has 1 aromatic carbocycles. The highest BCUT2D eigenvalue weighted by Gasteiger charge is 2.23. The molecule has 0 aliphatic carbocycles. The van der Waals surface area contributed by atoms with Gasteiger partial charge in [0.25, 0.3) is 0 Å². The molecule has 1 N–H and O–H groups in total. The molecule has 0 bridgehead atoms. The van der Waals surface area contributed by atoms with Crippen molar-refractivity contribution in [3.8, 4) is 11.1 Å². The highest BCUT2D eigenvalue weighted by atomic mass is 32.1. The monoisotopic (exact) mass is 317 g/mol. The largest absolute Gasteiger partial charge is 0.468 e. The Balaban J connectivity index is 2.04. The van der Waals surface area contributed by atoms with Crippen LogP contribution in [0, 0.1) is 5.82 Å². The minimum Gasteiger partial charge on any atom is -0.468 e. The molecule has 2 heterocycles. The third-order valence-electron chi connectivity index (χ3n) is 3.49. The van der Waals surface area contributed by atoms with E-state index in [-0.39, 0.29) is 5.82 Å². The molecule has 0 fully saturated rings. The lowest BCUT2D eigenvalue weighted by atomic mass is 10.0. The molecular weight excluding hydrogens is 305 g/mol. The SMILES string of the molecule is COC(=O)C(C=O)c1cc(-c2c[nH]c3c(F)cccc23)cs1. The summed E-state index contributed by atoms with van der Waals surface area (Å²) in [4.78, 5) is 26.2. The second kappa shape index (κ2) is 5.73. The number of nitrogens with one attached hydrogen (secondary N) is 1. The lowest BCUT2D eigenvalue weighted by molar-refractivity contribution is -0.143. The predicted octanol–water partition coefficient (Wildman–Crippen LogP) is 3.49. The van der Waals surface area contributed by atoms with Gasteiger partial charge in [0, 0.05) is 22.0 Å². The molecule has 0 saturated heterocycles. The number of hydrogen-bond acceptors (Lipinski definition) is 4. The number of H-pyrrole nitrogens is 1. The molecule has 112 valence electrons. The first-order valence-electron chi connectivity index (χ1n) is 6.53. The second-order valence-electron chi connectivity index (χ2n) is 4.74. The van der Waals surface area contributed by atoms with Gasteiger partial charge >= 0.3 is 5.97 Å². The van der Waals surface area contributed by atoms with Crippen molar-refractivity contribution in [1.29, 1.82) is 0 Å².